The van der Waals surface area contributed by atoms with E-state index in [-0.39, 0.29) is 30.3 Å². The average molecular weight is 432 g/mol. The Morgan fingerprint density at radius 1 is 1.16 bits per heavy atom. The Morgan fingerprint density at radius 3 is 2.55 bits per heavy atom. The SMILES string of the molecule is CSc1ccc(C2C3=C(CN(C(C)=O)C3=O)Nc3cccc4c3c2cn4C(C)C)cc1. The summed E-state index contributed by atoms with van der Waals surface area (Å²) in [5, 5.41) is 4.67. The number of thioether (sulfide) groups is 1. The number of hydrogen-bond donors (Lipinski definition) is 1. The highest BCUT2D eigenvalue weighted by molar-refractivity contribution is 7.98. The molecule has 2 aromatic carbocycles. The van der Waals surface area contributed by atoms with Crippen molar-refractivity contribution in [2.24, 2.45) is 0 Å². The fourth-order valence-electron chi connectivity index (χ4n) is 4.80. The van der Waals surface area contributed by atoms with Crippen molar-refractivity contribution in [3.8, 4) is 0 Å². The minimum absolute atomic E-state index is 0.202. The van der Waals surface area contributed by atoms with Crippen LogP contribution in [0.15, 0.2) is 64.8 Å². The third-order valence-electron chi connectivity index (χ3n) is 6.28. The minimum atomic E-state index is -0.235. The summed E-state index contributed by atoms with van der Waals surface area (Å²) in [6, 6.07) is 14.9. The van der Waals surface area contributed by atoms with Crippen molar-refractivity contribution in [3.63, 3.8) is 0 Å². The second-order valence-electron chi connectivity index (χ2n) is 8.42. The predicted molar refractivity (Wildman–Crippen MR) is 125 cm³/mol. The number of imide groups is 1. The molecule has 1 aromatic heterocycles. The summed E-state index contributed by atoms with van der Waals surface area (Å²) in [5.41, 5.74) is 5.79. The molecule has 2 amide bonds. The molecule has 31 heavy (non-hydrogen) atoms. The molecule has 5 nitrogen and oxygen atoms in total. The highest BCUT2D eigenvalue weighted by atomic mass is 32.2. The van der Waals surface area contributed by atoms with E-state index in [9.17, 15) is 9.59 Å². The van der Waals surface area contributed by atoms with E-state index in [1.165, 1.54) is 16.7 Å². The molecule has 0 fully saturated rings. The number of amides is 2. The van der Waals surface area contributed by atoms with Gasteiger partial charge in [-0.15, -0.1) is 11.8 Å². The van der Waals surface area contributed by atoms with Crippen LogP contribution in [0.3, 0.4) is 0 Å². The molecule has 158 valence electrons. The first-order chi connectivity index (χ1) is 14.9. The lowest BCUT2D eigenvalue weighted by atomic mass is 9.84. The van der Waals surface area contributed by atoms with Crippen LogP contribution in [0.2, 0.25) is 0 Å². The van der Waals surface area contributed by atoms with Crippen LogP contribution in [0.4, 0.5) is 5.69 Å². The van der Waals surface area contributed by atoms with Crippen LogP contribution in [0, 0.1) is 0 Å². The quantitative estimate of drug-likeness (QED) is 0.583. The number of benzene rings is 2. The third kappa shape index (κ3) is 3.00. The van der Waals surface area contributed by atoms with Gasteiger partial charge in [0.1, 0.15) is 0 Å². The maximum Gasteiger partial charge on any atom is 0.259 e. The van der Waals surface area contributed by atoms with Gasteiger partial charge in [0, 0.05) is 46.7 Å². The van der Waals surface area contributed by atoms with Crippen LogP contribution in [0.25, 0.3) is 10.9 Å². The fraction of sp³-hybridized carbons (Fsp3) is 0.280. The number of nitrogens with one attached hydrogen (secondary N) is 1. The van der Waals surface area contributed by atoms with Crippen molar-refractivity contribution in [1.82, 2.24) is 9.47 Å². The van der Waals surface area contributed by atoms with E-state index in [4.69, 9.17) is 0 Å². The first kappa shape index (κ1) is 19.9. The summed E-state index contributed by atoms with van der Waals surface area (Å²) >= 11 is 1.70. The average Bonchev–Trinajstić information content (AvgIpc) is 3.25. The van der Waals surface area contributed by atoms with Crippen LogP contribution < -0.4 is 5.32 Å². The van der Waals surface area contributed by atoms with Gasteiger partial charge in [0.25, 0.3) is 5.91 Å². The Kier molecular flexibility index (Phi) is 4.70. The number of hydrogen-bond acceptors (Lipinski definition) is 4. The first-order valence-corrected chi connectivity index (χ1v) is 11.7. The van der Waals surface area contributed by atoms with Gasteiger partial charge in [0.15, 0.2) is 0 Å². The topological polar surface area (TPSA) is 54.3 Å². The zero-order valence-electron chi connectivity index (χ0n) is 18.1. The summed E-state index contributed by atoms with van der Waals surface area (Å²) in [7, 11) is 0. The fourth-order valence-corrected chi connectivity index (χ4v) is 5.21. The molecule has 1 atom stereocenters. The predicted octanol–water partition coefficient (Wildman–Crippen LogP) is 5.14. The second kappa shape index (κ2) is 7.31. The zero-order chi connectivity index (χ0) is 21.9. The zero-order valence-corrected chi connectivity index (χ0v) is 18.9. The highest BCUT2D eigenvalue weighted by Crippen LogP contribution is 2.47. The summed E-state index contributed by atoms with van der Waals surface area (Å²) in [6.07, 6.45) is 4.24. The van der Waals surface area contributed by atoms with E-state index in [1.807, 2.05) is 6.07 Å². The van der Waals surface area contributed by atoms with Crippen LogP contribution in [-0.2, 0) is 9.59 Å². The number of anilines is 1. The van der Waals surface area contributed by atoms with Crippen molar-refractivity contribution in [1.29, 1.82) is 0 Å². The minimum Gasteiger partial charge on any atom is -0.356 e. The van der Waals surface area contributed by atoms with E-state index in [1.54, 1.807) is 11.8 Å². The normalized spacial score (nSPS) is 17.9. The maximum atomic E-state index is 13.4. The summed E-state index contributed by atoms with van der Waals surface area (Å²) in [6.45, 7) is 6.07. The Balaban J connectivity index is 1.80. The van der Waals surface area contributed by atoms with Gasteiger partial charge in [-0.2, -0.15) is 0 Å². The molecule has 0 radical (unpaired) electrons. The van der Waals surface area contributed by atoms with E-state index in [0.717, 1.165) is 33.4 Å². The molecular weight excluding hydrogens is 406 g/mol. The van der Waals surface area contributed by atoms with Crippen molar-refractivity contribution >= 4 is 40.2 Å². The summed E-state index contributed by atoms with van der Waals surface area (Å²) in [5.74, 6) is -0.664. The first-order valence-electron chi connectivity index (χ1n) is 10.5. The third-order valence-corrected chi connectivity index (χ3v) is 7.02. The molecule has 0 aliphatic carbocycles. The lowest BCUT2D eigenvalue weighted by molar-refractivity contribution is -0.139. The van der Waals surface area contributed by atoms with Crippen LogP contribution in [0.1, 0.15) is 43.9 Å². The lowest BCUT2D eigenvalue weighted by Gasteiger charge is -2.19. The van der Waals surface area contributed by atoms with Crippen molar-refractivity contribution in [2.75, 3.05) is 18.1 Å². The van der Waals surface area contributed by atoms with Crippen molar-refractivity contribution < 1.29 is 9.59 Å². The van der Waals surface area contributed by atoms with Crippen LogP contribution in [-0.4, -0.2) is 34.1 Å². The Hall–Kier alpha value is -2.99. The second-order valence-corrected chi connectivity index (χ2v) is 9.30. The summed E-state index contributed by atoms with van der Waals surface area (Å²) < 4.78 is 2.27. The molecule has 0 bridgehead atoms. The van der Waals surface area contributed by atoms with E-state index in [0.29, 0.717) is 5.57 Å². The molecule has 3 heterocycles. The molecule has 0 saturated carbocycles. The largest absolute Gasteiger partial charge is 0.356 e. The molecule has 1 N–H and O–H groups in total. The molecule has 2 aliphatic heterocycles. The number of rotatable bonds is 3. The van der Waals surface area contributed by atoms with Crippen LogP contribution in [0.5, 0.6) is 0 Å². The van der Waals surface area contributed by atoms with Crippen molar-refractivity contribution in [3.05, 3.63) is 71.1 Å². The van der Waals surface area contributed by atoms with Crippen molar-refractivity contribution in [2.45, 2.75) is 37.6 Å². The van der Waals surface area contributed by atoms with E-state index in [2.05, 4.69) is 72.6 Å². The number of carbonyl (C=O) groups excluding carboxylic acids is 2. The Bertz CT molecular complexity index is 1250. The molecule has 3 aromatic rings. The Morgan fingerprint density at radius 2 is 1.90 bits per heavy atom. The highest BCUT2D eigenvalue weighted by Gasteiger charge is 2.41. The number of nitrogens with zero attached hydrogens (tertiary/aromatic N) is 2. The monoisotopic (exact) mass is 431 g/mol. The summed E-state index contributed by atoms with van der Waals surface area (Å²) in [4.78, 5) is 28.2. The van der Waals surface area contributed by atoms with E-state index >= 15 is 0 Å². The van der Waals surface area contributed by atoms with E-state index < -0.39 is 0 Å². The molecule has 5 rings (SSSR count). The van der Waals surface area contributed by atoms with Gasteiger partial charge in [-0.1, -0.05) is 18.2 Å². The molecule has 0 saturated heterocycles. The number of aromatic nitrogens is 1. The standard InChI is InChI=1S/C25H25N3O2S/c1-14(2)27-12-18-22(16-8-10-17(31-4)11-9-16)24-20(13-28(15(3)29)25(24)30)26-19-6-5-7-21(27)23(18)19/h5-12,14,22,26H,13H2,1-4H3. The maximum absolute atomic E-state index is 13.4. The van der Waals surface area contributed by atoms with Gasteiger partial charge in [-0.25, -0.2) is 0 Å². The molecule has 2 aliphatic rings. The number of carbonyl (C=O) groups is 2. The molecule has 6 heteroatoms. The van der Waals surface area contributed by atoms with Gasteiger partial charge in [-0.3, -0.25) is 14.5 Å². The van der Waals surface area contributed by atoms with Gasteiger partial charge < -0.3 is 9.88 Å². The molecule has 0 spiro atoms. The smallest absolute Gasteiger partial charge is 0.259 e. The Labute approximate surface area is 186 Å². The van der Waals surface area contributed by atoms with Gasteiger partial charge in [0.2, 0.25) is 5.91 Å². The van der Waals surface area contributed by atoms with Crippen LogP contribution >= 0.6 is 11.8 Å². The molecular formula is C25H25N3O2S. The van der Waals surface area contributed by atoms with Gasteiger partial charge >= 0.3 is 0 Å². The van der Waals surface area contributed by atoms with Gasteiger partial charge in [-0.05, 0) is 55.5 Å². The lowest BCUT2D eigenvalue weighted by Crippen LogP contribution is -2.33. The molecule has 1 unspecified atom stereocenters. The van der Waals surface area contributed by atoms with Gasteiger partial charge in [0.05, 0.1) is 17.6 Å².